The highest BCUT2D eigenvalue weighted by molar-refractivity contribution is 7.12. The maximum atomic E-state index is 12.2. The normalized spacial score (nSPS) is 9.79. The molecule has 19 heavy (non-hydrogen) atoms. The fourth-order valence-corrected chi connectivity index (χ4v) is 2.06. The van der Waals surface area contributed by atoms with Crippen LogP contribution in [0.15, 0.2) is 11.4 Å². The molecule has 1 aromatic heterocycles. The predicted molar refractivity (Wildman–Crippen MR) is 68.7 cm³/mol. The van der Waals surface area contributed by atoms with Crippen molar-refractivity contribution in [1.82, 2.24) is 4.90 Å². The van der Waals surface area contributed by atoms with E-state index in [2.05, 4.69) is 9.47 Å². The zero-order chi connectivity index (χ0) is 14.4. The summed E-state index contributed by atoms with van der Waals surface area (Å²) >= 11 is 1.13. The standard InChI is InChI=1S/C11H14N2O5S/c1-17-8(14)5-13(6-9(15)18-2)11(16)10-7(12)3-4-19-10/h3-4H,5-6,12H2,1-2H3. The first-order chi connectivity index (χ1) is 8.99. The van der Waals surface area contributed by atoms with E-state index in [9.17, 15) is 14.4 Å². The van der Waals surface area contributed by atoms with Crippen LogP contribution < -0.4 is 5.73 Å². The Balaban J connectivity index is 2.89. The molecule has 0 unspecified atom stereocenters. The molecule has 0 fully saturated rings. The number of ether oxygens (including phenoxy) is 2. The van der Waals surface area contributed by atoms with E-state index in [4.69, 9.17) is 5.73 Å². The number of nitrogens with two attached hydrogens (primary N) is 1. The Morgan fingerprint density at radius 3 is 2.11 bits per heavy atom. The van der Waals surface area contributed by atoms with Gasteiger partial charge in [0.1, 0.15) is 18.0 Å². The maximum absolute atomic E-state index is 12.2. The number of carbonyl (C=O) groups excluding carboxylic acids is 3. The number of hydrogen-bond donors (Lipinski definition) is 1. The molecule has 1 rings (SSSR count). The molecular formula is C11H14N2O5S. The summed E-state index contributed by atoms with van der Waals surface area (Å²) in [5, 5.41) is 1.65. The van der Waals surface area contributed by atoms with Gasteiger partial charge in [0.2, 0.25) is 0 Å². The summed E-state index contributed by atoms with van der Waals surface area (Å²) in [6, 6.07) is 1.58. The summed E-state index contributed by atoms with van der Waals surface area (Å²) in [5.74, 6) is -1.77. The van der Waals surface area contributed by atoms with Crippen molar-refractivity contribution in [3.8, 4) is 0 Å². The summed E-state index contributed by atoms with van der Waals surface area (Å²) < 4.78 is 8.96. The Hall–Kier alpha value is -2.09. The lowest BCUT2D eigenvalue weighted by atomic mass is 10.3. The SMILES string of the molecule is COC(=O)CN(CC(=O)OC)C(=O)c1sccc1N. The Morgan fingerprint density at radius 1 is 1.21 bits per heavy atom. The molecule has 0 radical (unpaired) electrons. The highest BCUT2D eigenvalue weighted by Crippen LogP contribution is 2.20. The zero-order valence-corrected chi connectivity index (χ0v) is 11.4. The summed E-state index contributed by atoms with van der Waals surface area (Å²) in [5.41, 5.74) is 5.94. The van der Waals surface area contributed by atoms with E-state index in [0.717, 1.165) is 16.2 Å². The van der Waals surface area contributed by atoms with E-state index in [1.165, 1.54) is 14.2 Å². The van der Waals surface area contributed by atoms with Gasteiger partial charge in [0, 0.05) is 0 Å². The molecule has 1 aromatic rings. The van der Waals surface area contributed by atoms with Crippen molar-refractivity contribution < 1.29 is 23.9 Å². The third-order valence-corrected chi connectivity index (χ3v) is 3.19. The minimum absolute atomic E-state index is 0.271. The number of nitrogens with zero attached hydrogens (tertiary/aromatic N) is 1. The molecule has 0 aliphatic carbocycles. The van der Waals surface area contributed by atoms with Crippen LogP contribution >= 0.6 is 11.3 Å². The van der Waals surface area contributed by atoms with Crippen LogP contribution in [-0.2, 0) is 19.1 Å². The number of rotatable bonds is 5. The Morgan fingerprint density at radius 2 is 1.74 bits per heavy atom. The van der Waals surface area contributed by atoms with Gasteiger partial charge in [0.05, 0.1) is 19.9 Å². The first kappa shape index (κ1) is 15.0. The lowest BCUT2D eigenvalue weighted by Gasteiger charge is -2.19. The van der Waals surface area contributed by atoms with Gasteiger partial charge in [-0.15, -0.1) is 11.3 Å². The average molecular weight is 286 g/mol. The lowest BCUT2D eigenvalue weighted by molar-refractivity contribution is -0.144. The van der Waals surface area contributed by atoms with Crippen LogP contribution in [-0.4, -0.2) is 50.1 Å². The molecule has 0 atom stereocenters. The highest BCUT2D eigenvalue weighted by atomic mass is 32.1. The second-order valence-electron chi connectivity index (χ2n) is 3.52. The van der Waals surface area contributed by atoms with Gasteiger partial charge < -0.3 is 20.1 Å². The minimum atomic E-state index is -0.632. The molecule has 1 amide bonds. The first-order valence-electron chi connectivity index (χ1n) is 5.25. The van der Waals surface area contributed by atoms with E-state index in [-0.39, 0.29) is 18.0 Å². The largest absolute Gasteiger partial charge is 0.468 e. The number of nitrogen functional groups attached to an aromatic ring is 1. The van der Waals surface area contributed by atoms with Gasteiger partial charge in [-0.25, -0.2) is 0 Å². The molecule has 0 spiro atoms. The Bertz CT molecular complexity index is 467. The van der Waals surface area contributed by atoms with Gasteiger partial charge in [-0.3, -0.25) is 14.4 Å². The summed E-state index contributed by atoms with van der Waals surface area (Å²) in [4.78, 5) is 36.0. The fourth-order valence-electron chi connectivity index (χ4n) is 1.28. The second kappa shape index (κ2) is 6.74. The molecule has 7 nitrogen and oxygen atoms in total. The van der Waals surface area contributed by atoms with E-state index < -0.39 is 17.8 Å². The number of thiophene rings is 1. The minimum Gasteiger partial charge on any atom is -0.468 e. The van der Waals surface area contributed by atoms with Crippen LogP contribution in [0.1, 0.15) is 9.67 Å². The number of methoxy groups -OCH3 is 2. The third-order valence-electron chi connectivity index (χ3n) is 2.27. The van der Waals surface area contributed by atoms with Crippen molar-refractivity contribution >= 4 is 34.9 Å². The number of amides is 1. The topological polar surface area (TPSA) is 98.9 Å². The monoisotopic (exact) mass is 286 g/mol. The molecule has 1 heterocycles. The lowest BCUT2D eigenvalue weighted by Crippen LogP contribution is -2.40. The van der Waals surface area contributed by atoms with Crippen LogP contribution in [0.25, 0.3) is 0 Å². The summed E-state index contributed by atoms with van der Waals surface area (Å²) in [7, 11) is 2.39. The predicted octanol–water partition coefficient (Wildman–Crippen LogP) is 0.118. The van der Waals surface area contributed by atoms with Gasteiger partial charge in [-0.2, -0.15) is 0 Å². The summed E-state index contributed by atoms with van der Waals surface area (Å²) in [6.07, 6.45) is 0. The molecule has 0 bridgehead atoms. The van der Waals surface area contributed by atoms with Crippen LogP contribution in [0, 0.1) is 0 Å². The van der Waals surface area contributed by atoms with E-state index in [0.29, 0.717) is 5.69 Å². The van der Waals surface area contributed by atoms with Gasteiger partial charge in [-0.05, 0) is 11.4 Å². The molecule has 2 N–H and O–H groups in total. The van der Waals surface area contributed by atoms with Gasteiger partial charge in [0.25, 0.3) is 5.91 Å². The highest BCUT2D eigenvalue weighted by Gasteiger charge is 2.24. The Labute approximate surface area is 113 Å². The van der Waals surface area contributed by atoms with Gasteiger partial charge in [0.15, 0.2) is 0 Å². The molecular weight excluding hydrogens is 272 g/mol. The van der Waals surface area contributed by atoms with Crippen molar-refractivity contribution in [2.45, 2.75) is 0 Å². The molecule has 8 heteroatoms. The number of esters is 2. The van der Waals surface area contributed by atoms with Crippen molar-refractivity contribution in [2.24, 2.45) is 0 Å². The van der Waals surface area contributed by atoms with Crippen molar-refractivity contribution in [1.29, 1.82) is 0 Å². The molecule has 0 aliphatic rings. The van der Waals surface area contributed by atoms with Gasteiger partial charge >= 0.3 is 11.9 Å². The molecule has 0 saturated heterocycles. The number of carbonyl (C=O) groups is 3. The van der Waals surface area contributed by atoms with E-state index >= 15 is 0 Å². The molecule has 0 aromatic carbocycles. The van der Waals surface area contributed by atoms with E-state index in [1.807, 2.05) is 0 Å². The molecule has 0 aliphatic heterocycles. The molecule has 0 saturated carbocycles. The molecule has 104 valence electrons. The van der Waals surface area contributed by atoms with Crippen molar-refractivity contribution in [3.05, 3.63) is 16.3 Å². The first-order valence-corrected chi connectivity index (χ1v) is 6.13. The van der Waals surface area contributed by atoms with Crippen LogP contribution in [0.5, 0.6) is 0 Å². The average Bonchev–Trinajstić information content (AvgIpc) is 2.82. The van der Waals surface area contributed by atoms with Gasteiger partial charge in [-0.1, -0.05) is 0 Å². The third kappa shape index (κ3) is 3.95. The number of anilines is 1. The summed E-state index contributed by atoms with van der Waals surface area (Å²) in [6.45, 7) is -0.691. The van der Waals surface area contributed by atoms with E-state index in [1.54, 1.807) is 11.4 Å². The Kier molecular flexibility index (Phi) is 5.31. The smallest absolute Gasteiger partial charge is 0.325 e. The maximum Gasteiger partial charge on any atom is 0.325 e. The quantitative estimate of drug-likeness (QED) is 0.772. The van der Waals surface area contributed by atoms with Crippen LogP contribution in [0.3, 0.4) is 0 Å². The zero-order valence-electron chi connectivity index (χ0n) is 10.5. The van der Waals surface area contributed by atoms with Crippen molar-refractivity contribution in [3.63, 3.8) is 0 Å². The van der Waals surface area contributed by atoms with Crippen LogP contribution in [0.2, 0.25) is 0 Å². The van der Waals surface area contributed by atoms with Crippen molar-refractivity contribution in [2.75, 3.05) is 33.0 Å². The fraction of sp³-hybridized carbons (Fsp3) is 0.364. The number of hydrogen-bond acceptors (Lipinski definition) is 7. The second-order valence-corrected chi connectivity index (χ2v) is 4.43. The van der Waals surface area contributed by atoms with Crippen LogP contribution in [0.4, 0.5) is 5.69 Å².